The minimum atomic E-state index is -2.85. The Morgan fingerprint density at radius 3 is 2.16 bits per heavy atom. The van der Waals surface area contributed by atoms with Crippen LogP contribution in [-0.4, -0.2) is 34.9 Å². The molecule has 2 unspecified atom stereocenters. The van der Waals surface area contributed by atoms with E-state index < -0.39 is 13.1 Å². The minimum Gasteiger partial charge on any atom is -0.311 e. The highest BCUT2D eigenvalue weighted by Crippen LogP contribution is 2.59. The Kier molecular flexibility index (Phi) is 8.87. The third kappa shape index (κ3) is 6.16. The van der Waals surface area contributed by atoms with Gasteiger partial charge in [0.1, 0.15) is 0 Å². The lowest BCUT2D eigenvalue weighted by Crippen LogP contribution is -2.33. The third-order valence-electron chi connectivity index (χ3n) is 3.02. The molecule has 0 fully saturated rings. The summed E-state index contributed by atoms with van der Waals surface area (Å²) in [6.45, 7) is 13.7. The Morgan fingerprint density at radius 2 is 1.84 bits per heavy atom. The molecule has 19 heavy (non-hydrogen) atoms. The predicted octanol–water partition coefficient (Wildman–Crippen LogP) is 5.13. The van der Waals surface area contributed by atoms with E-state index in [2.05, 4.69) is 13.8 Å². The maximum Gasteiger partial charge on any atom is 0.275 e. The standard InChI is InChI=1S/C14H31ClNO2P/c1-7-12-16(9-3)19(17,18-14(4,5)6)13(8-2)10-11-15/h13H,7-12H2,1-6H3. The van der Waals surface area contributed by atoms with Gasteiger partial charge >= 0.3 is 0 Å². The van der Waals surface area contributed by atoms with Crippen LogP contribution in [-0.2, 0) is 9.09 Å². The maximum atomic E-state index is 13.5. The molecule has 0 aliphatic carbocycles. The topological polar surface area (TPSA) is 29.5 Å². The zero-order chi connectivity index (χ0) is 15.1. The van der Waals surface area contributed by atoms with Crippen LogP contribution in [0.25, 0.3) is 0 Å². The summed E-state index contributed by atoms with van der Waals surface area (Å²) < 4.78 is 21.6. The highest BCUT2D eigenvalue weighted by Gasteiger charge is 2.41. The van der Waals surface area contributed by atoms with Gasteiger partial charge in [0.25, 0.3) is 7.52 Å². The normalized spacial score (nSPS) is 17.5. The molecule has 0 aliphatic heterocycles. The largest absolute Gasteiger partial charge is 0.311 e. The summed E-state index contributed by atoms with van der Waals surface area (Å²) in [4.78, 5) is 0. The first-order valence-electron chi connectivity index (χ1n) is 7.37. The van der Waals surface area contributed by atoms with Crippen molar-refractivity contribution in [3.8, 4) is 0 Å². The van der Waals surface area contributed by atoms with E-state index in [0.29, 0.717) is 5.88 Å². The van der Waals surface area contributed by atoms with Crippen molar-refractivity contribution in [3.05, 3.63) is 0 Å². The Bertz CT molecular complexity index is 274. The van der Waals surface area contributed by atoms with E-state index in [1.54, 1.807) is 0 Å². The van der Waals surface area contributed by atoms with Crippen LogP contribution in [0.5, 0.6) is 0 Å². The van der Waals surface area contributed by atoms with Crippen molar-refractivity contribution >= 4 is 19.1 Å². The summed E-state index contributed by atoms with van der Waals surface area (Å²) in [5, 5.41) is 0. The van der Waals surface area contributed by atoms with Gasteiger partial charge in [-0.2, -0.15) is 0 Å². The summed E-state index contributed by atoms with van der Waals surface area (Å²) in [6, 6.07) is 0. The zero-order valence-corrected chi connectivity index (χ0v) is 15.1. The number of rotatable bonds is 9. The lowest BCUT2D eigenvalue weighted by atomic mass is 10.2. The number of nitrogens with zero attached hydrogens (tertiary/aromatic N) is 1. The molecule has 0 aromatic carbocycles. The van der Waals surface area contributed by atoms with Crippen molar-refractivity contribution < 1.29 is 9.09 Å². The van der Waals surface area contributed by atoms with Gasteiger partial charge in [-0.15, -0.1) is 11.6 Å². The molecule has 0 aliphatic rings. The number of hydrogen-bond donors (Lipinski definition) is 0. The molecule has 0 aromatic rings. The lowest BCUT2D eigenvalue weighted by Gasteiger charge is -2.39. The van der Waals surface area contributed by atoms with Crippen LogP contribution in [0.4, 0.5) is 0 Å². The molecule has 116 valence electrons. The van der Waals surface area contributed by atoms with Crippen LogP contribution in [0.1, 0.15) is 60.8 Å². The molecule has 0 saturated heterocycles. The van der Waals surface area contributed by atoms with Crippen molar-refractivity contribution in [3.63, 3.8) is 0 Å². The van der Waals surface area contributed by atoms with Crippen molar-refractivity contribution in [1.29, 1.82) is 0 Å². The van der Waals surface area contributed by atoms with Gasteiger partial charge in [0.2, 0.25) is 0 Å². The fourth-order valence-electron chi connectivity index (χ4n) is 2.23. The molecule has 5 heteroatoms. The second kappa shape index (κ2) is 8.67. The average molecular weight is 312 g/mol. The van der Waals surface area contributed by atoms with E-state index in [9.17, 15) is 4.57 Å². The summed E-state index contributed by atoms with van der Waals surface area (Å²) >= 11 is 5.88. The SMILES string of the molecule is CCCN(CC)P(=O)(OC(C)(C)C)C(CC)CCCl. The van der Waals surface area contributed by atoms with Gasteiger partial charge < -0.3 is 4.52 Å². The number of halogens is 1. The van der Waals surface area contributed by atoms with Crippen LogP contribution in [0.2, 0.25) is 0 Å². The van der Waals surface area contributed by atoms with Crippen LogP contribution < -0.4 is 0 Å². The molecule has 0 aromatic heterocycles. The van der Waals surface area contributed by atoms with E-state index in [4.69, 9.17) is 16.1 Å². The van der Waals surface area contributed by atoms with Crippen LogP contribution in [0.3, 0.4) is 0 Å². The Hall–Kier alpha value is 0.440. The number of hydrogen-bond acceptors (Lipinski definition) is 2. The molecule has 0 amide bonds. The van der Waals surface area contributed by atoms with Crippen molar-refractivity contribution in [2.45, 2.75) is 72.1 Å². The molecule has 3 nitrogen and oxygen atoms in total. The highest BCUT2D eigenvalue weighted by atomic mass is 35.5. The van der Waals surface area contributed by atoms with Crippen LogP contribution >= 0.6 is 19.1 Å². The summed E-state index contributed by atoms with van der Waals surface area (Å²) in [6.07, 6.45) is 2.55. The van der Waals surface area contributed by atoms with Gasteiger partial charge in [-0.05, 0) is 40.0 Å². The molecule has 0 radical (unpaired) electrons. The Labute approximate surface area is 124 Å². The summed E-state index contributed by atoms with van der Waals surface area (Å²) in [5.41, 5.74) is -0.383. The van der Waals surface area contributed by atoms with Gasteiger partial charge in [0, 0.05) is 19.0 Å². The number of alkyl halides is 1. The molecule has 0 heterocycles. The fourth-order valence-corrected chi connectivity index (χ4v) is 5.95. The molecule has 2 atom stereocenters. The summed E-state index contributed by atoms with van der Waals surface area (Å²) in [7, 11) is -2.85. The Balaban J connectivity index is 5.36. The maximum absolute atomic E-state index is 13.5. The second-order valence-electron chi connectivity index (χ2n) is 5.85. The van der Waals surface area contributed by atoms with Crippen molar-refractivity contribution in [2.75, 3.05) is 19.0 Å². The highest BCUT2D eigenvalue weighted by molar-refractivity contribution is 7.57. The van der Waals surface area contributed by atoms with E-state index >= 15 is 0 Å². The first kappa shape index (κ1) is 19.4. The minimum absolute atomic E-state index is 0.0238. The molecule has 0 N–H and O–H groups in total. The third-order valence-corrected chi connectivity index (χ3v) is 6.87. The van der Waals surface area contributed by atoms with Gasteiger partial charge in [0.15, 0.2) is 0 Å². The average Bonchev–Trinajstić information content (AvgIpc) is 2.30. The van der Waals surface area contributed by atoms with Crippen molar-refractivity contribution in [2.24, 2.45) is 0 Å². The van der Waals surface area contributed by atoms with Gasteiger partial charge in [-0.3, -0.25) is 4.57 Å². The van der Waals surface area contributed by atoms with E-state index in [-0.39, 0.29) is 5.66 Å². The lowest BCUT2D eigenvalue weighted by molar-refractivity contribution is 0.111. The molecule has 0 spiro atoms. The summed E-state index contributed by atoms with van der Waals surface area (Å²) in [5.74, 6) is 0.527. The van der Waals surface area contributed by atoms with E-state index in [1.165, 1.54) is 0 Å². The molecule has 0 bridgehead atoms. The predicted molar refractivity (Wildman–Crippen MR) is 85.4 cm³/mol. The van der Waals surface area contributed by atoms with Gasteiger partial charge in [-0.25, -0.2) is 4.67 Å². The van der Waals surface area contributed by atoms with Crippen LogP contribution in [0.15, 0.2) is 0 Å². The first-order valence-corrected chi connectivity index (χ1v) is 9.55. The fraction of sp³-hybridized carbons (Fsp3) is 1.00. The molecule has 0 saturated carbocycles. The first-order chi connectivity index (χ1) is 8.75. The van der Waals surface area contributed by atoms with E-state index in [0.717, 1.165) is 32.4 Å². The zero-order valence-electron chi connectivity index (χ0n) is 13.4. The molecular weight excluding hydrogens is 281 g/mol. The van der Waals surface area contributed by atoms with Gasteiger partial charge in [0.05, 0.1) is 11.3 Å². The van der Waals surface area contributed by atoms with Crippen molar-refractivity contribution in [1.82, 2.24) is 4.67 Å². The molecular formula is C14H31ClNO2P. The monoisotopic (exact) mass is 311 g/mol. The van der Waals surface area contributed by atoms with Crippen LogP contribution in [0, 0.1) is 0 Å². The Morgan fingerprint density at radius 1 is 1.26 bits per heavy atom. The smallest absolute Gasteiger partial charge is 0.275 e. The quantitative estimate of drug-likeness (QED) is 0.436. The second-order valence-corrected chi connectivity index (χ2v) is 8.84. The van der Waals surface area contributed by atoms with E-state index in [1.807, 2.05) is 32.4 Å². The molecule has 0 rings (SSSR count). The van der Waals surface area contributed by atoms with Gasteiger partial charge in [-0.1, -0.05) is 20.8 Å².